The highest BCUT2D eigenvalue weighted by Gasteiger charge is 2.24. The summed E-state index contributed by atoms with van der Waals surface area (Å²) in [5.41, 5.74) is 0.820. The van der Waals surface area contributed by atoms with E-state index in [0.717, 1.165) is 63.2 Å². The number of anilines is 1. The lowest BCUT2D eigenvalue weighted by atomic mass is 9.99. The topological polar surface area (TPSA) is 92.2 Å². The highest BCUT2D eigenvalue weighted by Crippen LogP contribution is 2.17. The Morgan fingerprint density at radius 2 is 2.10 bits per heavy atom. The lowest BCUT2D eigenvalue weighted by Gasteiger charge is -2.32. The molecule has 2 saturated heterocycles. The molecule has 30 heavy (non-hydrogen) atoms. The van der Waals surface area contributed by atoms with Crippen LogP contribution in [0.15, 0.2) is 35.4 Å². The molecule has 0 radical (unpaired) electrons. The maximum atomic E-state index is 13.0. The molecule has 2 aliphatic rings. The van der Waals surface area contributed by atoms with Crippen LogP contribution in [0.1, 0.15) is 41.6 Å². The van der Waals surface area contributed by atoms with E-state index < -0.39 is 0 Å². The predicted molar refractivity (Wildman–Crippen MR) is 116 cm³/mol. The third-order valence-electron chi connectivity index (χ3n) is 6.17. The van der Waals surface area contributed by atoms with E-state index in [9.17, 15) is 9.59 Å². The minimum absolute atomic E-state index is 0.0559. The summed E-state index contributed by atoms with van der Waals surface area (Å²) >= 11 is 0. The molecule has 1 atom stereocenters. The zero-order valence-corrected chi connectivity index (χ0v) is 17.5. The number of hydrogen-bond acceptors (Lipinski definition) is 6. The van der Waals surface area contributed by atoms with Crippen LogP contribution in [0.2, 0.25) is 0 Å². The van der Waals surface area contributed by atoms with E-state index >= 15 is 0 Å². The van der Waals surface area contributed by atoms with E-state index in [4.69, 9.17) is 0 Å². The van der Waals surface area contributed by atoms with Crippen LogP contribution >= 0.6 is 0 Å². The van der Waals surface area contributed by atoms with Crippen LogP contribution in [-0.2, 0) is 6.54 Å². The molecular formula is C22H30N6O2. The number of amides is 1. The summed E-state index contributed by atoms with van der Waals surface area (Å²) in [6.07, 6.45) is 7.36. The van der Waals surface area contributed by atoms with Gasteiger partial charge in [-0.25, -0.2) is 0 Å². The van der Waals surface area contributed by atoms with Gasteiger partial charge in [0.1, 0.15) is 5.56 Å². The standard InChI is InChI=1S/C22H30N6O2/c1-16-6-11-28(15-17-4-2-9-23-14-17)22(30)20(16)21(29)25-18-7-12-27(13-8-18)19-5-3-10-24-26-19/h3,5-6,10-11,17-18,23H,2,4,7-9,12-15H2,1H3,(H,25,29). The number of rotatable bonds is 5. The van der Waals surface area contributed by atoms with Gasteiger partial charge < -0.3 is 20.1 Å². The van der Waals surface area contributed by atoms with Gasteiger partial charge in [0.2, 0.25) is 0 Å². The molecule has 0 bridgehead atoms. The molecule has 2 aliphatic heterocycles. The largest absolute Gasteiger partial charge is 0.355 e. The van der Waals surface area contributed by atoms with Crippen LogP contribution in [0.25, 0.3) is 0 Å². The smallest absolute Gasteiger partial charge is 0.263 e. The third-order valence-corrected chi connectivity index (χ3v) is 6.17. The zero-order valence-electron chi connectivity index (χ0n) is 17.5. The van der Waals surface area contributed by atoms with Gasteiger partial charge in [0.05, 0.1) is 0 Å². The van der Waals surface area contributed by atoms with Gasteiger partial charge in [0.15, 0.2) is 5.82 Å². The number of aryl methyl sites for hydroxylation is 1. The first kappa shape index (κ1) is 20.5. The monoisotopic (exact) mass is 410 g/mol. The molecule has 8 heteroatoms. The second kappa shape index (κ2) is 9.38. The van der Waals surface area contributed by atoms with E-state index in [1.54, 1.807) is 10.8 Å². The Morgan fingerprint density at radius 1 is 1.27 bits per heavy atom. The molecule has 4 heterocycles. The van der Waals surface area contributed by atoms with Gasteiger partial charge in [-0.2, -0.15) is 5.10 Å². The molecule has 2 fully saturated rings. The molecule has 2 N–H and O–H groups in total. The molecule has 2 aromatic heterocycles. The Hall–Kier alpha value is -2.74. The van der Waals surface area contributed by atoms with E-state index in [1.807, 2.05) is 31.3 Å². The van der Waals surface area contributed by atoms with Gasteiger partial charge in [-0.3, -0.25) is 9.59 Å². The van der Waals surface area contributed by atoms with E-state index in [-0.39, 0.29) is 23.1 Å². The Morgan fingerprint density at radius 3 is 2.80 bits per heavy atom. The Bertz CT molecular complexity index is 915. The van der Waals surface area contributed by atoms with Crippen LogP contribution in [-0.4, -0.2) is 52.9 Å². The Labute approximate surface area is 176 Å². The Kier molecular flexibility index (Phi) is 6.42. The first-order valence-corrected chi connectivity index (χ1v) is 10.9. The minimum atomic E-state index is -0.258. The normalized spacial score (nSPS) is 20.2. The zero-order chi connectivity index (χ0) is 20.9. The van der Waals surface area contributed by atoms with Crippen molar-refractivity contribution in [3.8, 4) is 0 Å². The fraction of sp³-hybridized carbons (Fsp3) is 0.545. The SMILES string of the molecule is Cc1ccn(CC2CCCNC2)c(=O)c1C(=O)NC1CCN(c2cccnn2)CC1. The minimum Gasteiger partial charge on any atom is -0.355 e. The van der Waals surface area contributed by atoms with Crippen LogP contribution in [0.3, 0.4) is 0 Å². The number of hydrogen-bond donors (Lipinski definition) is 2. The third kappa shape index (κ3) is 4.70. The van der Waals surface area contributed by atoms with Gasteiger partial charge in [-0.1, -0.05) is 0 Å². The molecule has 1 amide bonds. The number of carbonyl (C=O) groups is 1. The second-order valence-electron chi connectivity index (χ2n) is 8.36. The molecule has 160 valence electrons. The molecule has 1 unspecified atom stereocenters. The molecule has 8 nitrogen and oxygen atoms in total. The van der Waals surface area contributed by atoms with Crippen molar-refractivity contribution in [1.29, 1.82) is 0 Å². The number of piperidine rings is 2. The summed E-state index contributed by atoms with van der Waals surface area (Å²) in [6, 6.07) is 5.76. The van der Waals surface area contributed by atoms with Crippen LogP contribution in [0.4, 0.5) is 5.82 Å². The van der Waals surface area contributed by atoms with Crippen LogP contribution in [0, 0.1) is 12.8 Å². The summed E-state index contributed by atoms with van der Waals surface area (Å²) in [7, 11) is 0. The molecule has 2 aromatic rings. The van der Waals surface area contributed by atoms with Gasteiger partial charge in [0.25, 0.3) is 11.5 Å². The van der Waals surface area contributed by atoms with Crippen LogP contribution in [0.5, 0.6) is 0 Å². The number of aromatic nitrogens is 3. The number of nitrogens with zero attached hydrogens (tertiary/aromatic N) is 4. The fourth-order valence-corrected chi connectivity index (χ4v) is 4.42. The number of nitrogens with one attached hydrogen (secondary N) is 2. The molecule has 0 aliphatic carbocycles. The maximum Gasteiger partial charge on any atom is 0.263 e. The average Bonchev–Trinajstić information content (AvgIpc) is 2.78. The van der Waals surface area contributed by atoms with Gasteiger partial charge in [-0.15, -0.1) is 5.10 Å². The molecule has 0 spiro atoms. The Balaban J connectivity index is 1.39. The van der Waals surface area contributed by atoms with E-state index in [1.165, 1.54) is 0 Å². The predicted octanol–water partition coefficient (Wildman–Crippen LogP) is 1.35. The molecule has 0 aromatic carbocycles. The van der Waals surface area contributed by atoms with Crippen LogP contribution < -0.4 is 21.1 Å². The number of carbonyl (C=O) groups excluding carboxylic acids is 1. The first-order valence-electron chi connectivity index (χ1n) is 10.9. The summed E-state index contributed by atoms with van der Waals surface area (Å²) in [4.78, 5) is 28.2. The van der Waals surface area contributed by atoms with E-state index in [0.29, 0.717) is 12.5 Å². The van der Waals surface area contributed by atoms with E-state index in [2.05, 4.69) is 25.7 Å². The second-order valence-corrected chi connectivity index (χ2v) is 8.36. The molecular weight excluding hydrogens is 380 g/mol. The van der Waals surface area contributed by atoms with Gasteiger partial charge >= 0.3 is 0 Å². The first-order chi connectivity index (χ1) is 14.6. The maximum absolute atomic E-state index is 13.0. The highest BCUT2D eigenvalue weighted by molar-refractivity contribution is 5.95. The summed E-state index contributed by atoms with van der Waals surface area (Å²) in [6.45, 7) is 6.06. The van der Waals surface area contributed by atoms with Crippen molar-refractivity contribution in [3.05, 3.63) is 52.1 Å². The molecule has 4 rings (SSSR count). The summed E-state index contributed by atoms with van der Waals surface area (Å²) < 4.78 is 1.70. The van der Waals surface area contributed by atoms with Gasteiger partial charge in [0, 0.05) is 38.1 Å². The van der Waals surface area contributed by atoms with Crippen molar-refractivity contribution < 1.29 is 4.79 Å². The number of pyridine rings is 1. The fourth-order valence-electron chi connectivity index (χ4n) is 4.42. The van der Waals surface area contributed by atoms with Gasteiger partial charge in [-0.05, 0) is 75.4 Å². The molecule has 0 saturated carbocycles. The van der Waals surface area contributed by atoms with Crippen molar-refractivity contribution in [3.63, 3.8) is 0 Å². The average molecular weight is 411 g/mol. The quantitative estimate of drug-likeness (QED) is 0.773. The highest BCUT2D eigenvalue weighted by atomic mass is 16.2. The van der Waals surface area contributed by atoms with Crippen molar-refractivity contribution >= 4 is 11.7 Å². The van der Waals surface area contributed by atoms with Crippen molar-refractivity contribution in [1.82, 2.24) is 25.4 Å². The lowest BCUT2D eigenvalue weighted by Crippen LogP contribution is -2.46. The summed E-state index contributed by atoms with van der Waals surface area (Å²) in [5, 5.41) is 14.6. The van der Waals surface area contributed by atoms with Crippen molar-refractivity contribution in [2.45, 2.75) is 45.2 Å². The van der Waals surface area contributed by atoms with Crippen molar-refractivity contribution in [2.24, 2.45) is 5.92 Å². The summed E-state index contributed by atoms with van der Waals surface area (Å²) in [5.74, 6) is 1.04. The lowest BCUT2D eigenvalue weighted by molar-refractivity contribution is 0.0928. The van der Waals surface area contributed by atoms with Crippen molar-refractivity contribution in [2.75, 3.05) is 31.1 Å².